The van der Waals surface area contributed by atoms with Gasteiger partial charge in [0.1, 0.15) is 11.3 Å². The predicted molar refractivity (Wildman–Crippen MR) is 70.0 cm³/mol. The van der Waals surface area contributed by atoms with E-state index >= 15 is 0 Å². The molecule has 0 atom stereocenters. The molecule has 84 valence electrons. The second kappa shape index (κ2) is 5.26. The van der Waals surface area contributed by atoms with Crippen LogP contribution in [0, 0.1) is 0 Å². The maximum atomic E-state index is 9.78. The van der Waals surface area contributed by atoms with Crippen LogP contribution < -0.4 is 18.9 Å². The molecule has 0 saturated heterocycles. The van der Waals surface area contributed by atoms with Crippen LogP contribution in [0.5, 0.6) is 5.75 Å². The van der Waals surface area contributed by atoms with Crippen LogP contribution in [-0.2, 0) is 0 Å². The smallest absolute Gasteiger partial charge is 1.00 e. The molecule has 3 rings (SSSR count). The molecule has 1 heterocycles. The Morgan fingerprint density at radius 2 is 1.61 bits per heavy atom. The van der Waals surface area contributed by atoms with Gasteiger partial charge in [-0.15, -0.1) is 0 Å². The Morgan fingerprint density at radius 1 is 0.833 bits per heavy atom. The molecule has 0 bridgehead atoms. The van der Waals surface area contributed by atoms with Crippen LogP contribution in [0.1, 0.15) is 1.43 Å². The van der Waals surface area contributed by atoms with Gasteiger partial charge < -0.3 is 6.53 Å². The Hall–Kier alpha value is -1.75. The van der Waals surface area contributed by atoms with Crippen LogP contribution in [-0.4, -0.2) is 10.1 Å². The van der Waals surface area contributed by atoms with E-state index in [0.717, 1.165) is 16.6 Å². The summed E-state index contributed by atoms with van der Waals surface area (Å²) in [5, 5.41) is 10.7. The molecule has 0 spiro atoms. The van der Waals surface area contributed by atoms with Crippen LogP contribution in [0.15, 0.2) is 60.7 Å². The molecular weight excluding hydrogens is 217 g/mol. The average molecular weight is 229 g/mol. The number of phenolic OH excluding ortho intramolecular Hbond substituents is 1. The van der Waals surface area contributed by atoms with Crippen molar-refractivity contribution < 1.29 is 25.4 Å². The maximum Gasteiger partial charge on any atom is 1.00 e. The van der Waals surface area contributed by atoms with E-state index < -0.39 is 0 Å². The van der Waals surface area contributed by atoms with Crippen molar-refractivity contribution in [2.45, 2.75) is 0 Å². The van der Waals surface area contributed by atoms with Gasteiger partial charge in [0.2, 0.25) is 0 Å². The molecule has 3 aromatic rings. The Bertz CT molecular complexity index is 673. The summed E-state index contributed by atoms with van der Waals surface area (Å²) in [5.74, 6) is 0.222. The van der Waals surface area contributed by atoms with Gasteiger partial charge in [-0.1, -0.05) is 48.5 Å². The number of rotatable bonds is 1. The van der Waals surface area contributed by atoms with Crippen molar-refractivity contribution in [3.8, 4) is 17.0 Å². The van der Waals surface area contributed by atoms with Gasteiger partial charge in [0.25, 0.3) is 0 Å². The van der Waals surface area contributed by atoms with E-state index in [-0.39, 0.29) is 26.0 Å². The zero-order valence-corrected chi connectivity index (χ0v) is 10.2. The van der Waals surface area contributed by atoms with E-state index in [9.17, 15) is 5.11 Å². The largest absolute Gasteiger partial charge is 1.00 e. The van der Waals surface area contributed by atoms with Crippen LogP contribution in [0.2, 0.25) is 0 Å². The number of pyridine rings is 1. The molecule has 0 saturated carbocycles. The van der Waals surface area contributed by atoms with E-state index in [1.165, 1.54) is 0 Å². The number of nitrogens with zero attached hydrogens (tertiary/aromatic N) is 1. The minimum absolute atomic E-state index is 0. The quantitative estimate of drug-likeness (QED) is 0.624. The summed E-state index contributed by atoms with van der Waals surface area (Å²) in [4.78, 5) is 4.50. The van der Waals surface area contributed by atoms with E-state index in [1.807, 2.05) is 54.6 Å². The van der Waals surface area contributed by atoms with Crippen molar-refractivity contribution in [2.24, 2.45) is 0 Å². The number of benzene rings is 2. The van der Waals surface area contributed by atoms with Crippen LogP contribution in [0.4, 0.5) is 0 Å². The molecule has 18 heavy (non-hydrogen) atoms. The average Bonchev–Trinajstić information content (AvgIpc) is 2.40. The summed E-state index contributed by atoms with van der Waals surface area (Å²) in [6, 6.07) is 19.3. The third-order valence-corrected chi connectivity index (χ3v) is 2.77. The fraction of sp³-hybridized carbons (Fsp3) is 0. The van der Waals surface area contributed by atoms with Crippen molar-refractivity contribution in [1.29, 1.82) is 0 Å². The second-order valence-corrected chi connectivity index (χ2v) is 3.91. The number of aromatic nitrogens is 1. The van der Waals surface area contributed by atoms with Crippen molar-refractivity contribution in [3.63, 3.8) is 0 Å². The van der Waals surface area contributed by atoms with Crippen LogP contribution in [0.3, 0.4) is 0 Å². The summed E-state index contributed by atoms with van der Waals surface area (Å²) in [5.41, 5.74) is 2.58. The van der Waals surface area contributed by atoms with E-state index in [0.29, 0.717) is 5.52 Å². The summed E-state index contributed by atoms with van der Waals surface area (Å²) >= 11 is 0. The Morgan fingerprint density at radius 3 is 2.39 bits per heavy atom. The Balaban J connectivity index is 0.000000902. The van der Waals surface area contributed by atoms with Crippen LogP contribution >= 0.6 is 0 Å². The number of fused-ring (bicyclic) bond motifs is 1. The Kier molecular flexibility index (Phi) is 3.71. The molecule has 3 heteroatoms. The molecule has 0 amide bonds. The molecule has 0 aliphatic rings. The number of hydrogen-bond acceptors (Lipinski definition) is 2. The fourth-order valence-corrected chi connectivity index (χ4v) is 1.90. The molecule has 1 aromatic heterocycles. The molecule has 0 unspecified atom stereocenters. The van der Waals surface area contributed by atoms with Crippen molar-refractivity contribution in [2.75, 3.05) is 0 Å². The van der Waals surface area contributed by atoms with E-state index in [4.69, 9.17) is 0 Å². The topological polar surface area (TPSA) is 33.1 Å². The van der Waals surface area contributed by atoms with Gasteiger partial charge in [-0.25, -0.2) is 4.98 Å². The third kappa shape index (κ3) is 2.26. The van der Waals surface area contributed by atoms with Gasteiger partial charge in [-0.2, -0.15) is 0 Å². The number of phenols is 1. The summed E-state index contributed by atoms with van der Waals surface area (Å²) in [7, 11) is 0. The van der Waals surface area contributed by atoms with Gasteiger partial charge in [0.05, 0.1) is 5.69 Å². The van der Waals surface area contributed by atoms with E-state index in [2.05, 4.69) is 4.98 Å². The second-order valence-electron chi connectivity index (χ2n) is 3.91. The molecule has 0 aliphatic carbocycles. The summed E-state index contributed by atoms with van der Waals surface area (Å²) in [6.45, 7) is 0. The third-order valence-electron chi connectivity index (χ3n) is 2.77. The number of aromatic hydroxyl groups is 1. The first-order chi connectivity index (χ1) is 8.34. The van der Waals surface area contributed by atoms with Gasteiger partial charge in [0.15, 0.2) is 0 Å². The van der Waals surface area contributed by atoms with E-state index in [1.54, 1.807) is 6.07 Å². The number of para-hydroxylation sites is 1. The molecule has 0 aliphatic heterocycles. The number of hydrogen-bond donors (Lipinski definition) is 1. The zero-order valence-electron chi connectivity index (χ0n) is 11.2. The molecule has 0 fully saturated rings. The normalized spacial score (nSPS) is 10.0. The minimum Gasteiger partial charge on any atom is -1.00 e. The molecule has 1 N–H and O–H groups in total. The van der Waals surface area contributed by atoms with Crippen molar-refractivity contribution in [1.82, 2.24) is 4.98 Å². The van der Waals surface area contributed by atoms with Crippen LogP contribution in [0.25, 0.3) is 22.2 Å². The standard InChI is InChI=1S/C15H11NO.Li.H/c17-14-8-4-7-12-9-10-13(16-15(12)14)11-5-2-1-3-6-11;;/h1-10,17H;;/q;+1;-1. The van der Waals surface area contributed by atoms with Gasteiger partial charge in [0, 0.05) is 10.9 Å². The van der Waals surface area contributed by atoms with Gasteiger partial charge in [-0.3, -0.25) is 0 Å². The first kappa shape index (κ1) is 12.7. The SMILES string of the molecule is Oc1cccc2ccc(-c3ccccc3)nc12.[H-].[Li+]. The van der Waals surface area contributed by atoms with Gasteiger partial charge in [-0.05, 0) is 12.1 Å². The molecule has 2 aromatic carbocycles. The monoisotopic (exact) mass is 229 g/mol. The summed E-state index contributed by atoms with van der Waals surface area (Å²) < 4.78 is 0. The van der Waals surface area contributed by atoms with Crippen molar-refractivity contribution >= 4 is 10.9 Å². The first-order valence-corrected chi connectivity index (χ1v) is 5.49. The Labute approximate surface area is 119 Å². The predicted octanol–water partition coefficient (Wildman–Crippen LogP) is 0.724. The zero-order chi connectivity index (χ0) is 11.7. The molecule has 0 radical (unpaired) electrons. The minimum atomic E-state index is 0. The maximum absolute atomic E-state index is 9.78. The van der Waals surface area contributed by atoms with Crippen molar-refractivity contribution in [3.05, 3.63) is 60.7 Å². The van der Waals surface area contributed by atoms with Gasteiger partial charge >= 0.3 is 18.9 Å². The molecule has 2 nitrogen and oxygen atoms in total. The summed E-state index contributed by atoms with van der Waals surface area (Å²) in [6.07, 6.45) is 0. The fourth-order valence-electron chi connectivity index (χ4n) is 1.90. The first-order valence-electron chi connectivity index (χ1n) is 5.49. The molecular formula is C15H12LiNO.